The predicted molar refractivity (Wildman–Crippen MR) is 114 cm³/mol. The van der Waals surface area contributed by atoms with E-state index in [9.17, 15) is 9.59 Å². The van der Waals surface area contributed by atoms with Crippen LogP contribution in [0.15, 0.2) is 35.3 Å². The predicted octanol–water partition coefficient (Wildman–Crippen LogP) is 2.67. The number of fused-ring (bicyclic) bond motifs is 1. The lowest BCUT2D eigenvalue weighted by Crippen LogP contribution is -2.34. The number of carbonyl (C=O) groups is 1. The van der Waals surface area contributed by atoms with Crippen LogP contribution in [0.1, 0.15) is 23.4 Å². The molecule has 0 spiro atoms. The van der Waals surface area contributed by atoms with E-state index in [4.69, 9.17) is 16.3 Å². The average molecular weight is 417 g/mol. The van der Waals surface area contributed by atoms with Gasteiger partial charge in [0.15, 0.2) is 0 Å². The lowest BCUT2D eigenvalue weighted by molar-refractivity contribution is -0.121. The highest BCUT2D eigenvalue weighted by Crippen LogP contribution is 2.23. The van der Waals surface area contributed by atoms with Crippen molar-refractivity contribution in [2.45, 2.75) is 33.4 Å². The zero-order valence-corrected chi connectivity index (χ0v) is 17.6. The van der Waals surface area contributed by atoms with Gasteiger partial charge in [-0.3, -0.25) is 9.59 Å². The number of ether oxygens (including phenoxy) is 1. The van der Waals surface area contributed by atoms with Crippen molar-refractivity contribution in [2.75, 3.05) is 20.3 Å². The lowest BCUT2D eigenvalue weighted by atomic mass is 10.2. The summed E-state index contributed by atoms with van der Waals surface area (Å²) in [5.74, 6) is -0.247. The monoisotopic (exact) mass is 416 g/mol. The highest BCUT2D eigenvalue weighted by molar-refractivity contribution is 6.30. The van der Waals surface area contributed by atoms with Gasteiger partial charge in [-0.2, -0.15) is 5.10 Å². The second-order valence-electron chi connectivity index (χ2n) is 6.98. The molecule has 2 aromatic heterocycles. The second kappa shape index (κ2) is 9.24. The van der Waals surface area contributed by atoms with E-state index in [-0.39, 0.29) is 18.0 Å². The SMILES string of the molecule is COCCCNC(=O)Cn1ncc2c(C)n(Cc3cccc(Cl)c3)c(C)c2c1=O. The van der Waals surface area contributed by atoms with Crippen LogP contribution in [0.5, 0.6) is 0 Å². The fraction of sp³-hybridized carbons (Fsp3) is 0.381. The summed E-state index contributed by atoms with van der Waals surface area (Å²) in [7, 11) is 1.61. The third-order valence-electron chi connectivity index (χ3n) is 4.98. The van der Waals surface area contributed by atoms with Crippen LogP contribution < -0.4 is 10.9 Å². The maximum atomic E-state index is 13.0. The summed E-state index contributed by atoms with van der Waals surface area (Å²) >= 11 is 6.10. The Morgan fingerprint density at radius 3 is 2.79 bits per heavy atom. The molecule has 0 radical (unpaired) electrons. The van der Waals surface area contributed by atoms with Crippen LogP contribution in [-0.2, 0) is 22.6 Å². The Labute approximate surface area is 174 Å². The van der Waals surface area contributed by atoms with Gasteiger partial charge in [0.2, 0.25) is 5.91 Å². The minimum absolute atomic E-state index is 0.111. The summed E-state index contributed by atoms with van der Waals surface area (Å²) in [6.45, 7) is 5.44. The van der Waals surface area contributed by atoms with Crippen LogP contribution in [0, 0.1) is 13.8 Å². The second-order valence-corrected chi connectivity index (χ2v) is 7.42. The Bertz CT molecular complexity index is 1090. The number of halogens is 1. The van der Waals surface area contributed by atoms with Gasteiger partial charge in [0.05, 0.1) is 11.6 Å². The Morgan fingerprint density at radius 1 is 1.28 bits per heavy atom. The summed E-state index contributed by atoms with van der Waals surface area (Å²) < 4.78 is 8.25. The van der Waals surface area contributed by atoms with E-state index in [2.05, 4.69) is 15.0 Å². The van der Waals surface area contributed by atoms with E-state index in [1.165, 1.54) is 4.68 Å². The molecule has 1 amide bonds. The Kier molecular flexibility index (Phi) is 6.71. The molecule has 7 nitrogen and oxygen atoms in total. The van der Waals surface area contributed by atoms with Crippen LogP contribution in [0.25, 0.3) is 10.8 Å². The first kappa shape index (κ1) is 21.1. The molecule has 1 N–H and O–H groups in total. The molecule has 154 valence electrons. The zero-order valence-electron chi connectivity index (χ0n) is 16.9. The van der Waals surface area contributed by atoms with E-state index in [1.54, 1.807) is 13.3 Å². The molecule has 8 heteroatoms. The molecule has 0 aliphatic carbocycles. The highest BCUT2D eigenvalue weighted by atomic mass is 35.5. The maximum absolute atomic E-state index is 13.0. The van der Waals surface area contributed by atoms with Crippen molar-refractivity contribution in [1.82, 2.24) is 19.7 Å². The number of nitrogens with zero attached hydrogens (tertiary/aromatic N) is 3. The molecule has 0 saturated heterocycles. The molecule has 0 atom stereocenters. The van der Waals surface area contributed by atoms with Crippen LogP contribution in [0.2, 0.25) is 5.02 Å². The molecule has 0 saturated carbocycles. The van der Waals surface area contributed by atoms with Gasteiger partial charge in [-0.25, -0.2) is 4.68 Å². The number of methoxy groups -OCH3 is 1. The van der Waals surface area contributed by atoms with Gasteiger partial charge < -0.3 is 14.6 Å². The molecular weight excluding hydrogens is 392 g/mol. The Morgan fingerprint density at radius 2 is 2.07 bits per heavy atom. The average Bonchev–Trinajstić information content (AvgIpc) is 2.93. The maximum Gasteiger partial charge on any atom is 0.276 e. The van der Waals surface area contributed by atoms with Crippen molar-refractivity contribution in [3.05, 3.63) is 62.8 Å². The van der Waals surface area contributed by atoms with Gasteiger partial charge >= 0.3 is 0 Å². The van der Waals surface area contributed by atoms with Crippen LogP contribution in [0.3, 0.4) is 0 Å². The van der Waals surface area contributed by atoms with Crippen LogP contribution >= 0.6 is 11.6 Å². The van der Waals surface area contributed by atoms with Gasteiger partial charge in [0.25, 0.3) is 5.56 Å². The van der Waals surface area contributed by atoms with Crippen molar-refractivity contribution >= 4 is 28.3 Å². The van der Waals surface area contributed by atoms with Gasteiger partial charge in [0.1, 0.15) is 6.54 Å². The standard InChI is InChI=1S/C21H25ClN4O3/c1-14-18-11-24-26(13-19(27)23-8-5-9-29-3)21(28)20(18)15(2)25(14)12-16-6-4-7-17(22)10-16/h4,6-7,10-11H,5,8-9,12-13H2,1-3H3,(H,23,27). The van der Waals surface area contributed by atoms with Gasteiger partial charge in [-0.05, 0) is 38.0 Å². The first-order valence-electron chi connectivity index (χ1n) is 9.48. The van der Waals surface area contributed by atoms with Crippen LogP contribution in [0.4, 0.5) is 0 Å². The minimum atomic E-state index is -0.264. The topological polar surface area (TPSA) is 78.2 Å². The molecule has 0 unspecified atom stereocenters. The van der Waals surface area contributed by atoms with Crippen LogP contribution in [-0.4, -0.2) is 40.5 Å². The molecule has 3 rings (SSSR count). The fourth-order valence-corrected chi connectivity index (χ4v) is 3.66. The van der Waals surface area contributed by atoms with E-state index in [0.29, 0.717) is 36.5 Å². The molecule has 3 aromatic rings. The molecular formula is C21H25ClN4O3. The number of benzene rings is 1. The summed E-state index contributed by atoms with van der Waals surface area (Å²) in [4.78, 5) is 25.1. The Balaban J connectivity index is 1.87. The number of aryl methyl sites for hydroxylation is 2. The molecule has 0 aliphatic rings. The van der Waals surface area contributed by atoms with E-state index in [1.807, 2.05) is 38.1 Å². The third-order valence-corrected chi connectivity index (χ3v) is 5.21. The van der Waals surface area contributed by atoms with Gasteiger partial charge in [-0.15, -0.1) is 0 Å². The molecule has 0 aliphatic heterocycles. The van der Waals surface area contributed by atoms with Crippen molar-refractivity contribution in [2.24, 2.45) is 0 Å². The summed E-state index contributed by atoms with van der Waals surface area (Å²) in [6, 6.07) is 7.65. The van der Waals surface area contributed by atoms with Gasteiger partial charge in [0, 0.05) is 48.6 Å². The zero-order chi connectivity index (χ0) is 21.0. The fourth-order valence-electron chi connectivity index (χ4n) is 3.45. The normalized spacial score (nSPS) is 11.2. The highest BCUT2D eigenvalue weighted by Gasteiger charge is 2.17. The van der Waals surface area contributed by atoms with Crippen molar-refractivity contribution in [3.8, 4) is 0 Å². The number of carbonyl (C=O) groups excluding carboxylic acids is 1. The number of hydrogen-bond acceptors (Lipinski definition) is 4. The molecule has 1 aromatic carbocycles. The quantitative estimate of drug-likeness (QED) is 0.572. The number of aromatic nitrogens is 3. The number of rotatable bonds is 8. The van der Waals surface area contributed by atoms with E-state index >= 15 is 0 Å². The lowest BCUT2D eigenvalue weighted by Gasteiger charge is -2.09. The number of hydrogen-bond donors (Lipinski definition) is 1. The summed E-state index contributed by atoms with van der Waals surface area (Å²) in [5, 5.41) is 9.05. The smallest absolute Gasteiger partial charge is 0.276 e. The first-order valence-corrected chi connectivity index (χ1v) is 9.85. The Hall–Kier alpha value is -2.64. The number of nitrogens with one attached hydrogen (secondary N) is 1. The number of amides is 1. The van der Waals surface area contributed by atoms with E-state index in [0.717, 1.165) is 22.3 Å². The van der Waals surface area contributed by atoms with Crippen molar-refractivity contribution < 1.29 is 9.53 Å². The minimum Gasteiger partial charge on any atom is -0.385 e. The van der Waals surface area contributed by atoms with Crippen molar-refractivity contribution in [3.63, 3.8) is 0 Å². The largest absolute Gasteiger partial charge is 0.385 e. The first-order chi connectivity index (χ1) is 13.9. The molecule has 2 heterocycles. The summed E-state index contributed by atoms with van der Waals surface area (Å²) in [6.07, 6.45) is 2.37. The molecule has 0 fully saturated rings. The summed E-state index contributed by atoms with van der Waals surface area (Å²) in [5.41, 5.74) is 2.59. The van der Waals surface area contributed by atoms with E-state index < -0.39 is 0 Å². The molecule has 0 bridgehead atoms. The molecule has 29 heavy (non-hydrogen) atoms. The van der Waals surface area contributed by atoms with Gasteiger partial charge in [-0.1, -0.05) is 23.7 Å². The third kappa shape index (κ3) is 4.68. The van der Waals surface area contributed by atoms with Crippen molar-refractivity contribution in [1.29, 1.82) is 0 Å².